The van der Waals surface area contributed by atoms with Crippen LogP contribution in [-0.2, 0) is 6.54 Å². The highest BCUT2D eigenvalue weighted by Crippen LogP contribution is 1.84. The van der Waals surface area contributed by atoms with Gasteiger partial charge in [-0.2, -0.15) is 5.10 Å². The molecule has 0 aliphatic heterocycles. The first-order valence-electron chi connectivity index (χ1n) is 5.24. The van der Waals surface area contributed by atoms with E-state index in [1.807, 2.05) is 23.1 Å². The van der Waals surface area contributed by atoms with Crippen LogP contribution in [0.4, 0.5) is 0 Å². The average molecular weight is 196 g/mol. The highest BCUT2D eigenvalue weighted by atomic mass is 15.3. The number of nitrogens with zero attached hydrogens (tertiary/aromatic N) is 2. The molecule has 4 heteroatoms. The SMILES string of the molecule is CCNCC(C)NCCn1cccn1. The summed E-state index contributed by atoms with van der Waals surface area (Å²) in [5, 5.41) is 10.9. The van der Waals surface area contributed by atoms with Crippen molar-refractivity contribution in [3.63, 3.8) is 0 Å². The van der Waals surface area contributed by atoms with E-state index in [2.05, 4.69) is 29.6 Å². The Bertz CT molecular complexity index is 220. The van der Waals surface area contributed by atoms with Crippen molar-refractivity contribution in [1.29, 1.82) is 0 Å². The molecule has 0 saturated heterocycles. The van der Waals surface area contributed by atoms with Crippen molar-refractivity contribution in [2.45, 2.75) is 26.4 Å². The molecule has 0 bridgehead atoms. The lowest BCUT2D eigenvalue weighted by atomic mass is 10.3. The minimum Gasteiger partial charge on any atom is -0.315 e. The molecule has 0 radical (unpaired) electrons. The molecule has 1 rings (SSSR count). The van der Waals surface area contributed by atoms with Gasteiger partial charge in [-0.1, -0.05) is 6.92 Å². The molecule has 0 saturated carbocycles. The first-order chi connectivity index (χ1) is 6.83. The van der Waals surface area contributed by atoms with Crippen LogP contribution in [0.25, 0.3) is 0 Å². The quantitative estimate of drug-likeness (QED) is 0.666. The largest absolute Gasteiger partial charge is 0.315 e. The van der Waals surface area contributed by atoms with Gasteiger partial charge in [-0.3, -0.25) is 4.68 Å². The van der Waals surface area contributed by atoms with Gasteiger partial charge in [0, 0.05) is 31.5 Å². The van der Waals surface area contributed by atoms with Crippen LogP contribution in [-0.4, -0.2) is 35.5 Å². The molecule has 14 heavy (non-hydrogen) atoms. The van der Waals surface area contributed by atoms with Crippen LogP contribution in [0.1, 0.15) is 13.8 Å². The summed E-state index contributed by atoms with van der Waals surface area (Å²) in [6, 6.07) is 2.47. The summed E-state index contributed by atoms with van der Waals surface area (Å²) < 4.78 is 1.94. The summed E-state index contributed by atoms with van der Waals surface area (Å²) in [7, 11) is 0. The van der Waals surface area contributed by atoms with Gasteiger partial charge < -0.3 is 10.6 Å². The van der Waals surface area contributed by atoms with Gasteiger partial charge in [0.1, 0.15) is 0 Å². The topological polar surface area (TPSA) is 41.9 Å². The number of nitrogens with one attached hydrogen (secondary N) is 2. The lowest BCUT2D eigenvalue weighted by Crippen LogP contribution is -2.37. The molecule has 2 N–H and O–H groups in total. The number of aromatic nitrogens is 2. The van der Waals surface area contributed by atoms with E-state index in [1.54, 1.807) is 0 Å². The van der Waals surface area contributed by atoms with Gasteiger partial charge in [0.25, 0.3) is 0 Å². The van der Waals surface area contributed by atoms with Crippen LogP contribution in [0.5, 0.6) is 0 Å². The smallest absolute Gasteiger partial charge is 0.0534 e. The predicted molar refractivity (Wildman–Crippen MR) is 58.2 cm³/mol. The first kappa shape index (κ1) is 11.2. The summed E-state index contributed by atoms with van der Waals surface area (Å²) in [5.41, 5.74) is 0. The van der Waals surface area contributed by atoms with Crippen molar-refractivity contribution in [3.05, 3.63) is 18.5 Å². The van der Waals surface area contributed by atoms with E-state index in [4.69, 9.17) is 0 Å². The van der Waals surface area contributed by atoms with E-state index >= 15 is 0 Å². The minimum atomic E-state index is 0.519. The Morgan fingerprint density at radius 2 is 2.36 bits per heavy atom. The molecule has 0 amide bonds. The van der Waals surface area contributed by atoms with Crippen molar-refractivity contribution in [2.24, 2.45) is 0 Å². The highest BCUT2D eigenvalue weighted by Gasteiger charge is 1.98. The molecule has 1 unspecified atom stereocenters. The van der Waals surface area contributed by atoms with Crippen LogP contribution in [0.2, 0.25) is 0 Å². The summed E-state index contributed by atoms with van der Waals surface area (Å²) in [5.74, 6) is 0. The van der Waals surface area contributed by atoms with E-state index in [-0.39, 0.29) is 0 Å². The highest BCUT2D eigenvalue weighted by molar-refractivity contribution is 4.77. The summed E-state index contributed by atoms with van der Waals surface area (Å²) in [6.45, 7) is 8.26. The molecule has 0 fully saturated rings. The standard InChI is InChI=1S/C10H20N4/c1-3-11-9-10(2)12-6-8-14-7-4-5-13-14/h4-5,7,10-12H,3,6,8-9H2,1-2H3. The maximum atomic E-state index is 4.14. The lowest BCUT2D eigenvalue weighted by molar-refractivity contribution is 0.475. The Balaban J connectivity index is 2.03. The van der Waals surface area contributed by atoms with Gasteiger partial charge in [-0.15, -0.1) is 0 Å². The van der Waals surface area contributed by atoms with Crippen LogP contribution >= 0.6 is 0 Å². The first-order valence-corrected chi connectivity index (χ1v) is 5.24. The van der Waals surface area contributed by atoms with Crippen molar-refractivity contribution >= 4 is 0 Å². The van der Waals surface area contributed by atoms with E-state index in [0.29, 0.717) is 6.04 Å². The maximum Gasteiger partial charge on any atom is 0.0534 e. The third-order valence-corrected chi connectivity index (χ3v) is 2.09. The van der Waals surface area contributed by atoms with Gasteiger partial charge in [0.2, 0.25) is 0 Å². The molecule has 0 spiro atoms. The van der Waals surface area contributed by atoms with E-state index < -0.39 is 0 Å². The van der Waals surface area contributed by atoms with Crippen molar-refractivity contribution in [3.8, 4) is 0 Å². The molecule has 0 aliphatic carbocycles. The van der Waals surface area contributed by atoms with Gasteiger partial charge >= 0.3 is 0 Å². The van der Waals surface area contributed by atoms with Crippen molar-refractivity contribution < 1.29 is 0 Å². The Kier molecular flexibility index (Phi) is 5.25. The van der Waals surface area contributed by atoms with Crippen LogP contribution < -0.4 is 10.6 Å². The second-order valence-corrected chi connectivity index (χ2v) is 3.43. The lowest BCUT2D eigenvalue weighted by Gasteiger charge is -2.13. The molecule has 4 nitrogen and oxygen atoms in total. The fourth-order valence-electron chi connectivity index (χ4n) is 1.29. The minimum absolute atomic E-state index is 0.519. The zero-order valence-electron chi connectivity index (χ0n) is 9.03. The molecular formula is C10H20N4. The second-order valence-electron chi connectivity index (χ2n) is 3.43. The second kappa shape index (κ2) is 6.56. The number of hydrogen-bond acceptors (Lipinski definition) is 3. The molecule has 0 aliphatic rings. The number of rotatable bonds is 7. The third kappa shape index (κ3) is 4.39. The van der Waals surface area contributed by atoms with Crippen LogP contribution in [0.15, 0.2) is 18.5 Å². The average Bonchev–Trinajstić information content (AvgIpc) is 2.67. The monoisotopic (exact) mass is 196 g/mol. The van der Waals surface area contributed by atoms with Gasteiger partial charge in [0.05, 0.1) is 6.54 Å². The summed E-state index contributed by atoms with van der Waals surface area (Å²) >= 11 is 0. The number of likely N-dealkylation sites (N-methyl/N-ethyl adjacent to an activating group) is 1. The van der Waals surface area contributed by atoms with E-state index in [1.165, 1.54) is 0 Å². The van der Waals surface area contributed by atoms with Gasteiger partial charge in [0.15, 0.2) is 0 Å². The Morgan fingerprint density at radius 3 is 3.00 bits per heavy atom. The fourth-order valence-corrected chi connectivity index (χ4v) is 1.29. The molecule has 0 aromatic carbocycles. The van der Waals surface area contributed by atoms with Crippen LogP contribution in [0.3, 0.4) is 0 Å². The van der Waals surface area contributed by atoms with Gasteiger partial charge in [-0.05, 0) is 19.5 Å². The zero-order valence-corrected chi connectivity index (χ0v) is 9.03. The van der Waals surface area contributed by atoms with Crippen molar-refractivity contribution in [1.82, 2.24) is 20.4 Å². The molecule has 80 valence electrons. The Labute approximate surface area is 85.7 Å². The predicted octanol–water partition coefficient (Wildman–Crippen LogP) is 0.471. The number of hydrogen-bond donors (Lipinski definition) is 2. The summed E-state index contributed by atoms with van der Waals surface area (Å²) in [6.07, 6.45) is 3.79. The Morgan fingerprint density at radius 1 is 1.50 bits per heavy atom. The maximum absolute atomic E-state index is 4.14. The summed E-state index contributed by atoms with van der Waals surface area (Å²) in [4.78, 5) is 0. The van der Waals surface area contributed by atoms with Crippen LogP contribution in [0, 0.1) is 0 Å². The zero-order chi connectivity index (χ0) is 10.2. The molecule has 1 atom stereocenters. The Hall–Kier alpha value is -0.870. The molecule has 1 aromatic rings. The molecular weight excluding hydrogens is 176 g/mol. The fraction of sp³-hybridized carbons (Fsp3) is 0.700. The van der Waals surface area contributed by atoms with E-state index in [0.717, 1.165) is 26.2 Å². The van der Waals surface area contributed by atoms with E-state index in [9.17, 15) is 0 Å². The molecule has 1 heterocycles. The normalized spacial score (nSPS) is 13.0. The third-order valence-electron chi connectivity index (χ3n) is 2.09. The van der Waals surface area contributed by atoms with Crippen molar-refractivity contribution in [2.75, 3.05) is 19.6 Å². The molecule has 1 aromatic heterocycles. The van der Waals surface area contributed by atoms with Gasteiger partial charge in [-0.25, -0.2) is 0 Å².